The van der Waals surface area contributed by atoms with Gasteiger partial charge in [0.25, 0.3) is 0 Å². The van der Waals surface area contributed by atoms with Crippen LogP contribution in [0.5, 0.6) is 0 Å². The molecule has 0 amide bonds. The lowest BCUT2D eigenvalue weighted by molar-refractivity contribution is 0.185. The van der Waals surface area contributed by atoms with Crippen molar-refractivity contribution in [3.8, 4) is 0 Å². The van der Waals surface area contributed by atoms with Gasteiger partial charge in [0.05, 0.1) is 0 Å². The fourth-order valence-electron chi connectivity index (χ4n) is 1.82. The van der Waals surface area contributed by atoms with Crippen LogP contribution in [-0.2, 0) is 11.2 Å². The summed E-state index contributed by atoms with van der Waals surface area (Å²) in [5.74, 6) is 1.60. The van der Waals surface area contributed by atoms with Crippen molar-refractivity contribution >= 4 is 12.2 Å². The fourth-order valence-corrected chi connectivity index (χ4v) is 2.08. The number of hydrogen-bond donors (Lipinski definition) is 1. The molecule has 0 radical (unpaired) electrons. The third kappa shape index (κ3) is 2.44. The summed E-state index contributed by atoms with van der Waals surface area (Å²) in [6, 6.07) is 0. The van der Waals surface area contributed by atoms with Crippen LogP contribution in [0.4, 0.5) is 0 Å². The molecule has 1 aliphatic heterocycles. The predicted molar refractivity (Wildman–Crippen MR) is 61.5 cm³/mol. The predicted octanol–water partition coefficient (Wildman–Crippen LogP) is 2.34. The Hall–Kier alpha value is -0.740. The van der Waals surface area contributed by atoms with Crippen molar-refractivity contribution in [1.82, 2.24) is 9.97 Å². The third-order valence-electron chi connectivity index (χ3n) is 2.96. The van der Waals surface area contributed by atoms with Crippen LogP contribution in [0.1, 0.15) is 23.5 Å². The van der Waals surface area contributed by atoms with Gasteiger partial charge in [0.15, 0.2) is 0 Å². The van der Waals surface area contributed by atoms with E-state index < -0.39 is 0 Å². The summed E-state index contributed by atoms with van der Waals surface area (Å²) in [7, 11) is 0. The summed E-state index contributed by atoms with van der Waals surface area (Å²) >= 11 is 5.21. The average Bonchev–Trinajstić information content (AvgIpc) is 2.66. The second-order valence-electron chi connectivity index (χ2n) is 4.17. The number of hydrogen-bond acceptors (Lipinski definition) is 3. The summed E-state index contributed by atoms with van der Waals surface area (Å²) < 4.78 is 6.07. The molecule has 3 nitrogen and oxygen atoms in total. The Labute approximate surface area is 94.9 Å². The van der Waals surface area contributed by atoms with Gasteiger partial charge in [-0.15, -0.1) is 0 Å². The molecule has 1 N–H and O–H groups in total. The maximum Gasteiger partial charge on any atom is 0.132 e. The molecule has 1 fully saturated rings. The minimum atomic E-state index is 0.602. The highest BCUT2D eigenvalue weighted by atomic mass is 32.1. The molecule has 1 unspecified atom stereocenters. The molecule has 0 bridgehead atoms. The van der Waals surface area contributed by atoms with Crippen LogP contribution in [0, 0.1) is 24.4 Å². The average molecular weight is 224 g/mol. The molecule has 1 saturated heterocycles. The molecule has 4 heteroatoms. The molecule has 2 heterocycles. The summed E-state index contributed by atoms with van der Waals surface area (Å²) in [6.07, 6.45) is 2.08. The lowest BCUT2D eigenvalue weighted by Crippen LogP contribution is -2.09. The minimum Gasteiger partial charge on any atom is -0.381 e. The van der Waals surface area contributed by atoms with Gasteiger partial charge in [-0.05, 0) is 26.2 Å². The van der Waals surface area contributed by atoms with Crippen LogP contribution >= 0.6 is 12.2 Å². The molecule has 0 saturated carbocycles. The number of aromatic amines is 1. The van der Waals surface area contributed by atoms with Gasteiger partial charge in [-0.3, -0.25) is 0 Å². The van der Waals surface area contributed by atoms with Gasteiger partial charge in [0.1, 0.15) is 10.5 Å². The first-order valence-corrected chi connectivity index (χ1v) is 5.72. The number of aromatic nitrogens is 2. The van der Waals surface area contributed by atoms with Gasteiger partial charge >= 0.3 is 0 Å². The standard InChI is InChI=1S/C11H16N2OS/c1-7-8(2)12-10(13-11(7)15)5-9-3-4-14-6-9/h9H,3-6H2,1-2H3,(H,12,13,15). The van der Waals surface area contributed by atoms with E-state index in [4.69, 9.17) is 17.0 Å². The number of ether oxygens (including phenoxy) is 1. The second kappa shape index (κ2) is 4.41. The fraction of sp³-hybridized carbons (Fsp3) is 0.636. The SMILES string of the molecule is Cc1[nH]c(CC2CCOC2)nc(=S)c1C. The smallest absolute Gasteiger partial charge is 0.132 e. The van der Waals surface area contributed by atoms with Gasteiger partial charge in [0, 0.05) is 30.9 Å². The van der Waals surface area contributed by atoms with Crippen molar-refractivity contribution in [2.24, 2.45) is 5.92 Å². The van der Waals surface area contributed by atoms with Crippen molar-refractivity contribution in [3.63, 3.8) is 0 Å². The lowest BCUT2D eigenvalue weighted by atomic mass is 10.0. The van der Waals surface area contributed by atoms with Gasteiger partial charge in [0.2, 0.25) is 0 Å². The van der Waals surface area contributed by atoms with Crippen LogP contribution in [0.2, 0.25) is 0 Å². The number of H-pyrrole nitrogens is 1. The number of rotatable bonds is 2. The van der Waals surface area contributed by atoms with Crippen molar-refractivity contribution in [1.29, 1.82) is 0 Å². The lowest BCUT2D eigenvalue weighted by Gasteiger charge is -2.09. The van der Waals surface area contributed by atoms with Crippen LogP contribution < -0.4 is 0 Å². The maximum absolute atomic E-state index is 5.35. The zero-order chi connectivity index (χ0) is 10.8. The van der Waals surface area contributed by atoms with E-state index in [1.165, 1.54) is 0 Å². The van der Waals surface area contributed by atoms with E-state index in [0.717, 1.165) is 47.8 Å². The molecule has 2 rings (SSSR count). The van der Waals surface area contributed by atoms with E-state index in [1.807, 2.05) is 13.8 Å². The first kappa shape index (κ1) is 10.8. The molecule has 15 heavy (non-hydrogen) atoms. The topological polar surface area (TPSA) is 37.9 Å². The number of aryl methyl sites for hydroxylation is 1. The molecular weight excluding hydrogens is 208 g/mol. The zero-order valence-electron chi connectivity index (χ0n) is 9.17. The monoisotopic (exact) mass is 224 g/mol. The maximum atomic E-state index is 5.35. The summed E-state index contributed by atoms with van der Waals surface area (Å²) in [5, 5.41) is 0. The van der Waals surface area contributed by atoms with E-state index in [1.54, 1.807) is 0 Å². The highest BCUT2D eigenvalue weighted by Crippen LogP contribution is 2.17. The first-order valence-electron chi connectivity index (χ1n) is 5.31. The largest absolute Gasteiger partial charge is 0.381 e. The highest BCUT2D eigenvalue weighted by molar-refractivity contribution is 7.71. The van der Waals surface area contributed by atoms with Gasteiger partial charge in [-0.25, -0.2) is 4.98 Å². The molecule has 1 aromatic rings. The molecule has 0 spiro atoms. The third-order valence-corrected chi connectivity index (χ3v) is 3.36. The summed E-state index contributed by atoms with van der Waals surface area (Å²) in [5.41, 5.74) is 2.21. The first-order chi connectivity index (χ1) is 7.16. The molecule has 0 aliphatic carbocycles. The molecule has 1 atom stereocenters. The molecule has 82 valence electrons. The molecule has 1 aromatic heterocycles. The van der Waals surface area contributed by atoms with E-state index in [9.17, 15) is 0 Å². The molecular formula is C11H16N2OS. The van der Waals surface area contributed by atoms with Crippen molar-refractivity contribution in [2.45, 2.75) is 26.7 Å². The Balaban J connectivity index is 2.18. The minimum absolute atomic E-state index is 0.602. The van der Waals surface area contributed by atoms with E-state index >= 15 is 0 Å². The molecule has 1 aliphatic rings. The Morgan fingerprint density at radius 3 is 2.93 bits per heavy atom. The number of nitrogens with one attached hydrogen (secondary N) is 1. The van der Waals surface area contributed by atoms with E-state index in [2.05, 4.69) is 9.97 Å². The van der Waals surface area contributed by atoms with Crippen LogP contribution in [0.15, 0.2) is 0 Å². The van der Waals surface area contributed by atoms with E-state index in [0.29, 0.717) is 5.92 Å². The zero-order valence-corrected chi connectivity index (χ0v) is 9.99. The Kier molecular flexibility index (Phi) is 3.17. The number of nitrogens with zero attached hydrogens (tertiary/aromatic N) is 1. The Morgan fingerprint density at radius 2 is 2.33 bits per heavy atom. The van der Waals surface area contributed by atoms with E-state index in [-0.39, 0.29) is 0 Å². The second-order valence-corrected chi connectivity index (χ2v) is 4.56. The summed E-state index contributed by atoms with van der Waals surface area (Å²) in [4.78, 5) is 7.71. The van der Waals surface area contributed by atoms with Gasteiger partial charge in [-0.2, -0.15) is 0 Å². The highest BCUT2D eigenvalue weighted by Gasteiger charge is 2.17. The van der Waals surface area contributed by atoms with Crippen LogP contribution in [-0.4, -0.2) is 23.2 Å². The van der Waals surface area contributed by atoms with Crippen LogP contribution in [0.25, 0.3) is 0 Å². The van der Waals surface area contributed by atoms with Crippen LogP contribution in [0.3, 0.4) is 0 Å². The van der Waals surface area contributed by atoms with Crippen molar-refractivity contribution in [3.05, 3.63) is 21.7 Å². The van der Waals surface area contributed by atoms with Gasteiger partial charge in [-0.1, -0.05) is 12.2 Å². The van der Waals surface area contributed by atoms with Crippen molar-refractivity contribution < 1.29 is 4.74 Å². The normalized spacial score (nSPS) is 20.8. The Bertz CT molecular complexity index is 408. The van der Waals surface area contributed by atoms with Gasteiger partial charge < -0.3 is 9.72 Å². The molecule has 0 aromatic carbocycles. The Morgan fingerprint density at radius 1 is 1.53 bits per heavy atom. The van der Waals surface area contributed by atoms with Crippen molar-refractivity contribution in [2.75, 3.05) is 13.2 Å². The summed E-state index contributed by atoms with van der Waals surface area (Å²) in [6.45, 7) is 5.79. The quantitative estimate of drug-likeness (QED) is 0.783.